The van der Waals surface area contributed by atoms with Crippen LogP contribution in [0.4, 0.5) is 34.1 Å². The number of anilines is 6. The van der Waals surface area contributed by atoms with Crippen LogP contribution in [0.1, 0.15) is 104 Å². The van der Waals surface area contributed by atoms with Crippen molar-refractivity contribution in [2.75, 3.05) is 9.80 Å². The van der Waals surface area contributed by atoms with Crippen LogP contribution in [0.15, 0.2) is 158 Å². The minimum Gasteiger partial charge on any atom is -0.310 e. The second-order valence-electron chi connectivity index (χ2n) is 21.5. The Balaban J connectivity index is 1.16. The molecule has 334 valence electrons. The lowest BCUT2D eigenvalue weighted by atomic mass is 9.65. The quantitative estimate of drug-likeness (QED) is 0.162. The molecule has 1 aliphatic heterocycles. The summed E-state index contributed by atoms with van der Waals surface area (Å²) in [6.45, 7) is 14.5. The summed E-state index contributed by atoms with van der Waals surface area (Å²) < 4.78 is 0. The highest BCUT2D eigenvalue weighted by Crippen LogP contribution is 2.66. The van der Waals surface area contributed by atoms with Crippen molar-refractivity contribution in [3.05, 3.63) is 213 Å². The van der Waals surface area contributed by atoms with Crippen LogP contribution in [0.2, 0.25) is 0 Å². The molecule has 70 heavy (non-hydrogen) atoms. The largest absolute Gasteiger partial charge is 0.310 e. The maximum atomic E-state index is 10.1. The molecule has 1 heterocycles. The predicted molar refractivity (Wildman–Crippen MR) is 288 cm³/mol. The van der Waals surface area contributed by atoms with Crippen LogP contribution in [0.25, 0.3) is 54.6 Å². The lowest BCUT2D eigenvalue weighted by molar-refractivity contribution is 0.475. The highest BCUT2D eigenvalue weighted by atomic mass is 15.2. The summed E-state index contributed by atoms with van der Waals surface area (Å²) in [7, 11) is 0. The van der Waals surface area contributed by atoms with Gasteiger partial charge in [0.15, 0.2) is 0 Å². The first kappa shape index (κ1) is 40.8. The Kier molecular flexibility index (Phi) is 8.15. The van der Waals surface area contributed by atoms with Crippen LogP contribution < -0.4 is 9.80 Å². The van der Waals surface area contributed by atoms with Crippen LogP contribution in [0.5, 0.6) is 0 Å². The first-order chi connectivity index (χ1) is 34.0. The molecular weight excluding hydrogens is 849 g/mol. The van der Waals surface area contributed by atoms with E-state index in [1.807, 2.05) is 24.3 Å². The minimum atomic E-state index is -0.426. The van der Waals surface area contributed by atoms with Gasteiger partial charge in [-0.3, -0.25) is 0 Å². The van der Waals surface area contributed by atoms with Gasteiger partial charge in [-0.25, -0.2) is 0 Å². The number of rotatable bonds is 5. The van der Waals surface area contributed by atoms with E-state index in [4.69, 9.17) is 0 Å². The Labute approximate surface area is 409 Å². The van der Waals surface area contributed by atoms with Crippen molar-refractivity contribution in [2.45, 2.75) is 77.0 Å². The van der Waals surface area contributed by atoms with Crippen LogP contribution >= 0.6 is 0 Å². The molecule has 0 saturated heterocycles. The molecule has 1 atom stereocenters. The summed E-state index contributed by atoms with van der Waals surface area (Å²) in [5.74, 6) is 0. The fraction of sp³-hybridized carbons (Fsp3) is 0.182. The lowest BCUT2D eigenvalue weighted by Gasteiger charge is -2.45. The molecule has 0 spiro atoms. The zero-order valence-electron chi connectivity index (χ0n) is 40.4. The number of hydrogen-bond acceptors (Lipinski definition) is 4. The van der Waals surface area contributed by atoms with E-state index < -0.39 is 5.41 Å². The Morgan fingerprint density at radius 2 is 1.17 bits per heavy atom. The molecule has 4 heteroatoms. The molecule has 0 bridgehead atoms. The number of aryl methyl sites for hydroxylation is 2. The van der Waals surface area contributed by atoms with Crippen LogP contribution in [0.3, 0.4) is 0 Å². The zero-order valence-corrected chi connectivity index (χ0v) is 40.4. The Bertz CT molecular complexity index is 4030. The van der Waals surface area contributed by atoms with Gasteiger partial charge in [-0.05, 0) is 187 Å². The summed E-state index contributed by atoms with van der Waals surface area (Å²) >= 11 is 0. The van der Waals surface area contributed by atoms with Crippen LogP contribution in [0, 0.1) is 22.7 Å². The second-order valence-corrected chi connectivity index (χ2v) is 21.5. The molecule has 0 radical (unpaired) electrons. The minimum absolute atomic E-state index is 0.0939. The number of benzene rings is 10. The van der Waals surface area contributed by atoms with E-state index in [2.05, 4.69) is 197 Å². The van der Waals surface area contributed by atoms with E-state index >= 15 is 0 Å². The maximum absolute atomic E-state index is 10.1. The number of nitrogens with zero attached hydrogens (tertiary/aromatic N) is 4. The molecule has 0 aromatic heterocycles. The maximum Gasteiger partial charge on any atom is 0.0991 e. The third-order valence-corrected chi connectivity index (χ3v) is 17.2. The summed E-state index contributed by atoms with van der Waals surface area (Å²) in [5.41, 5.74) is 23.3. The molecule has 1 unspecified atom stereocenters. The fourth-order valence-corrected chi connectivity index (χ4v) is 14.1. The monoisotopic (exact) mass is 898 g/mol. The third-order valence-electron chi connectivity index (χ3n) is 17.2. The molecule has 4 nitrogen and oxygen atoms in total. The SMILES string of the molecule is CCc1c2c(c3cc4c5c(cc(N(c6ccc(C#N)cc6)c6cccc7c6C(C)(C)c6ccccc6-7)c6ccc1c3c65)CCC4(C)C)N(c1ccc(C#N)cc1)c1cccc3c1C2(C)c1ccccc1-3. The van der Waals surface area contributed by atoms with Crippen molar-refractivity contribution >= 4 is 66.4 Å². The Morgan fingerprint density at radius 1 is 0.543 bits per heavy atom. The van der Waals surface area contributed by atoms with Gasteiger partial charge in [-0.1, -0.05) is 120 Å². The summed E-state index contributed by atoms with van der Waals surface area (Å²) in [5, 5.41) is 27.9. The molecule has 3 aliphatic carbocycles. The third kappa shape index (κ3) is 5.03. The van der Waals surface area contributed by atoms with Crippen molar-refractivity contribution in [3.8, 4) is 34.4 Å². The molecule has 10 aromatic rings. The van der Waals surface area contributed by atoms with E-state index in [9.17, 15) is 10.5 Å². The van der Waals surface area contributed by atoms with Crippen molar-refractivity contribution in [3.63, 3.8) is 0 Å². The number of fused-ring (bicyclic) bond motifs is 9. The molecule has 0 fully saturated rings. The molecular formula is C66H50N4. The second kappa shape index (κ2) is 14.0. The van der Waals surface area contributed by atoms with E-state index in [1.54, 1.807) is 0 Å². The summed E-state index contributed by atoms with van der Waals surface area (Å²) in [6, 6.07) is 62.9. The van der Waals surface area contributed by atoms with Gasteiger partial charge in [0.1, 0.15) is 0 Å². The highest BCUT2D eigenvalue weighted by Gasteiger charge is 2.51. The van der Waals surface area contributed by atoms with E-state index in [0.29, 0.717) is 11.1 Å². The number of hydrogen-bond donors (Lipinski definition) is 0. The van der Waals surface area contributed by atoms with Crippen molar-refractivity contribution in [2.24, 2.45) is 0 Å². The van der Waals surface area contributed by atoms with Crippen LogP contribution in [-0.4, -0.2) is 0 Å². The van der Waals surface area contributed by atoms with Crippen molar-refractivity contribution in [1.82, 2.24) is 0 Å². The molecule has 0 N–H and O–H groups in total. The number of nitriles is 2. The van der Waals surface area contributed by atoms with Gasteiger partial charge in [0.25, 0.3) is 0 Å². The molecule has 0 saturated carbocycles. The standard InChI is InChI=1S/C66H50N4/c1-7-43-46-30-31-49-56(69(41-26-22-38(36-67)23-27-41)54-20-12-16-47-44-14-8-10-18-51(44)65(4,5)60(47)54)34-40-32-33-64(2,3)53-35-50(58(46)59(49)57(40)53)63-62(43)66(6)52-19-11-9-15-45(52)48-17-13-21-55(61(48)66)70(63)42-28-24-39(37-68)25-29-42/h8-31,34-35H,7,32-33H2,1-6H3. The van der Waals surface area contributed by atoms with Gasteiger partial charge in [0.2, 0.25) is 0 Å². The average molecular weight is 899 g/mol. The highest BCUT2D eigenvalue weighted by molar-refractivity contribution is 6.31. The first-order valence-electron chi connectivity index (χ1n) is 24.9. The van der Waals surface area contributed by atoms with Crippen molar-refractivity contribution in [1.29, 1.82) is 10.5 Å². The Hall–Kier alpha value is -8.18. The van der Waals surface area contributed by atoms with Gasteiger partial charge in [-0.15, -0.1) is 0 Å². The van der Waals surface area contributed by atoms with Gasteiger partial charge in [-0.2, -0.15) is 10.5 Å². The molecule has 0 amide bonds. The molecule has 10 aromatic carbocycles. The van der Waals surface area contributed by atoms with E-state index in [1.165, 1.54) is 110 Å². The predicted octanol–water partition coefficient (Wildman–Crippen LogP) is 17.0. The van der Waals surface area contributed by atoms with Gasteiger partial charge in [0.05, 0.1) is 46.0 Å². The fourth-order valence-electron chi connectivity index (χ4n) is 14.1. The summed E-state index contributed by atoms with van der Waals surface area (Å²) in [6.07, 6.45) is 2.84. The van der Waals surface area contributed by atoms with E-state index in [-0.39, 0.29) is 10.8 Å². The van der Waals surface area contributed by atoms with E-state index in [0.717, 1.165) is 42.0 Å². The normalized spacial score (nSPS) is 17.2. The van der Waals surface area contributed by atoms with Crippen LogP contribution in [-0.2, 0) is 29.1 Å². The Morgan fingerprint density at radius 3 is 1.89 bits per heavy atom. The van der Waals surface area contributed by atoms with Crippen molar-refractivity contribution < 1.29 is 0 Å². The first-order valence-corrected chi connectivity index (χ1v) is 24.9. The van der Waals surface area contributed by atoms with Gasteiger partial charge < -0.3 is 9.80 Å². The van der Waals surface area contributed by atoms with Gasteiger partial charge >= 0.3 is 0 Å². The zero-order chi connectivity index (χ0) is 47.6. The lowest BCUT2D eigenvalue weighted by Crippen LogP contribution is -2.34. The topological polar surface area (TPSA) is 54.1 Å². The van der Waals surface area contributed by atoms with Gasteiger partial charge in [0, 0.05) is 38.4 Å². The molecule has 4 aliphatic rings. The summed E-state index contributed by atoms with van der Waals surface area (Å²) in [4.78, 5) is 5.07. The smallest absolute Gasteiger partial charge is 0.0991 e. The average Bonchev–Trinajstić information content (AvgIpc) is 3.80. The molecule has 14 rings (SSSR count).